The van der Waals surface area contributed by atoms with E-state index in [2.05, 4.69) is 22.4 Å². The lowest BCUT2D eigenvalue weighted by molar-refractivity contribution is 0.414. The van der Waals surface area contributed by atoms with Gasteiger partial charge in [-0.15, -0.1) is 0 Å². The highest BCUT2D eigenvalue weighted by Crippen LogP contribution is 2.43. The molecule has 1 N–H and O–H groups in total. The Bertz CT molecular complexity index is 1950. The van der Waals surface area contributed by atoms with Crippen LogP contribution in [0.5, 0.6) is 5.75 Å². The second kappa shape index (κ2) is 10.5. The van der Waals surface area contributed by atoms with E-state index in [0.717, 1.165) is 38.9 Å². The summed E-state index contributed by atoms with van der Waals surface area (Å²) in [5.41, 5.74) is 7.54. The molecule has 0 fully saturated rings. The lowest BCUT2D eigenvalue weighted by atomic mass is 9.96. The number of anilines is 1. The third kappa shape index (κ3) is 4.56. The van der Waals surface area contributed by atoms with Crippen molar-refractivity contribution in [2.75, 3.05) is 33.2 Å². The van der Waals surface area contributed by atoms with Crippen LogP contribution >= 0.6 is 0 Å². The zero-order valence-electron chi connectivity index (χ0n) is 23.1. The van der Waals surface area contributed by atoms with Crippen LogP contribution in [0.25, 0.3) is 56.0 Å². The van der Waals surface area contributed by atoms with Gasteiger partial charge in [0.25, 0.3) is 0 Å². The molecule has 0 bridgehead atoms. The van der Waals surface area contributed by atoms with Gasteiger partial charge in [-0.2, -0.15) is 5.26 Å². The monoisotopic (exact) mass is 546 g/mol. The maximum atomic E-state index is 13.7. The fourth-order valence-corrected chi connectivity index (χ4v) is 5.17. The lowest BCUT2D eigenvalue weighted by Gasteiger charge is -2.19. The molecular weight excluding hydrogens is 519 g/mol. The first-order valence-corrected chi connectivity index (χ1v) is 13.1. The third-order valence-corrected chi connectivity index (χ3v) is 7.13. The topological polar surface area (TPSA) is 87.5 Å². The molecule has 204 valence electrons. The highest BCUT2D eigenvalue weighted by molar-refractivity contribution is 5.97. The molecule has 7 nitrogen and oxygen atoms in total. The van der Waals surface area contributed by atoms with E-state index in [9.17, 15) is 9.65 Å². The molecule has 0 unspecified atom stereocenters. The first-order valence-electron chi connectivity index (χ1n) is 13.1. The minimum atomic E-state index is -0.296. The van der Waals surface area contributed by atoms with Gasteiger partial charge < -0.3 is 23.8 Å². The van der Waals surface area contributed by atoms with Gasteiger partial charge in [-0.05, 0) is 67.2 Å². The van der Waals surface area contributed by atoms with Gasteiger partial charge in [0.1, 0.15) is 34.5 Å². The van der Waals surface area contributed by atoms with Crippen molar-refractivity contribution in [1.29, 1.82) is 5.26 Å². The van der Waals surface area contributed by atoms with Gasteiger partial charge in [-0.3, -0.25) is 0 Å². The maximum absolute atomic E-state index is 13.7. The van der Waals surface area contributed by atoms with Gasteiger partial charge in [0, 0.05) is 54.5 Å². The number of nitrogens with zero attached hydrogens (tertiary/aromatic N) is 3. The number of furan rings is 1. The third-order valence-electron chi connectivity index (χ3n) is 7.13. The van der Waals surface area contributed by atoms with Crippen molar-refractivity contribution in [3.63, 3.8) is 0 Å². The summed E-state index contributed by atoms with van der Waals surface area (Å²) in [6.07, 6.45) is 0. The van der Waals surface area contributed by atoms with E-state index in [4.69, 9.17) is 13.6 Å². The Morgan fingerprint density at radius 2 is 1.73 bits per heavy atom. The van der Waals surface area contributed by atoms with Crippen molar-refractivity contribution in [3.8, 4) is 45.7 Å². The van der Waals surface area contributed by atoms with Crippen LogP contribution in [0.3, 0.4) is 0 Å². The van der Waals surface area contributed by atoms with Crippen molar-refractivity contribution >= 4 is 27.8 Å². The number of para-hydroxylation sites is 1. The number of nitrogens with one attached hydrogen (secondary N) is 1. The summed E-state index contributed by atoms with van der Waals surface area (Å²) >= 11 is 0. The standard InChI is InChI=1S/C33H27FN4O3/c1-36-18-26-24-15-23(27(38(2)3)16-30(24)40-32(26)19-8-11-22(34)12-9-19)20-10-13-28(39-4)25(14-20)33-37-31-21(17-35)6-5-7-29(31)41-33/h5-16,36H,18H2,1-4H3. The predicted octanol–water partition coefficient (Wildman–Crippen LogP) is 7.38. The summed E-state index contributed by atoms with van der Waals surface area (Å²) in [5, 5.41) is 13.7. The summed E-state index contributed by atoms with van der Waals surface area (Å²) in [6, 6.07) is 23.8. The summed E-state index contributed by atoms with van der Waals surface area (Å²) in [5.74, 6) is 1.37. The van der Waals surface area contributed by atoms with E-state index in [1.807, 2.05) is 50.3 Å². The Balaban J connectivity index is 1.56. The van der Waals surface area contributed by atoms with Gasteiger partial charge in [-0.25, -0.2) is 9.37 Å². The zero-order valence-corrected chi connectivity index (χ0v) is 23.1. The SMILES string of the molecule is CNCc1c(-c2ccc(F)cc2)oc2cc(N(C)C)c(-c3ccc(OC)c(-c4nc5c(C#N)cccc5o4)c3)cc12. The molecule has 0 saturated carbocycles. The lowest BCUT2D eigenvalue weighted by Crippen LogP contribution is -2.10. The van der Waals surface area contributed by atoms with E-state index in [0.29, 0.717) is 46.2 Å². The molecule has 0 aliphatic rings. The first-order chi connectivity index (χ1) is 19.9. The molecule has 8 heteroatoms. The fourth-order valence-electron chi connectivity index (χ4n) is 5.17. The highest BCUT2D eigenvalue weighted by Gasteiger charge is 2.21. The Morgan fingerprint density at radius 3 is 2.44 bits per heavy atom. The van der Waals surface area contributed by atoms with Crippen LogP contribution in [-0.4, -0.2) is 33.2 Å². The van der Waals surface area contributed by atoms with E-state index < -0.39 is 0 Å². The number of rotatable bonds is 7. The fraction of sp³-hybridized carbons (Fsp3) is 0.152. The molecule has 0 aliphatic carbocycles. The van der Waals surface area contributed by atoms with E-state index in [1.54, 1.807) is 37.4 Å². The van der Waals surface area contributed by atoms with E-state index >= 15 is 0 Å². The first kappa shape index (κ1) is 26.1. The molecule has 0 saturated heterocycles. The van der Waals surface area contributed by atoms with Crippen molar-refractivity contribution in [2.24, 2.45) is 0 Å². The summed E-state index contributed by atoms with van der Waals surface area (Å²) in [6.45, 7) is 0.568. The summed E-state index contributed by atoms with van der Waals surface area (Å²) < 4.78 is 31.8. The molecule has 0 atom stereocenters. The largest absolute Gasteiger partial charge is 0.496 e. The average Bonchev–Trinajstić information content (AvgIpc) is 3.58. The van der Waals surface area contributed by atoms with Crippen LogP contribution in [0, 0.1) is 17.1 Å². The van der Waals surface area contributed by atoms with E-state index in [1.165, 1.54) is 12.1 Å². The Hall–Kier alpha value is -5.13. The van der Waals surface area contributed by atoms with Gasteiger partial charge in [0.15, 0.2) is 5.58 Å². The maximum Gasteiger partial charge on any atom is 0.231 e. The zero-order chi connectivity index (χ0) is 28.7. The number of fused-ring (bicyclic) bond motifs is 2. The number of hydrogen-bond acceptors (Lipinski definition) is 7. The van der Waals surface area contributed by atoms with Crippen LogP contribution in [0.15, 0.2) is 81.6 Å². The molecule has 41 heavy (non-hydrogen) atoms. The van der Waals surface area contributed by atoms with Crippen molar-refractivity contribution < 1.29 is 18.0 Å². The van der Waals surface area contributed by atoms with Crippen LogP contribution in [-0.2, 0) is 6.54 Å². The molecule has 0 aliphatic heterocycles. The number of hydrogen-bond donors (Lipinski definition) is 1. The minimum absolute atomic E-state index is 0.296. The molecule has 0 radical (unpaired) electrons. The molecule has 0 spiro atoms. The van der Waals surface area contributed by atoms with Gasteiger partial charge >= 0.3 is 0 Å². The summed E-state index contributed by atoms with van der Waals surface area (Å²) in [7, 11) is 7.46. The van der Waals surface area contributed by atoms with Crippen LogP contribution in [0.4, 0.5) is 10.1 Å². The smallest absolute Gasteiger partial charge is 0.231 e. The van der Waals surface area contributed by atoms with Crippen molar-refractivity contribution in [1.82, 2.24) is 10.3 Å². The average molecular weight is 547 g/mol. The van der Waals surface area contributed by atoms with E-state index in [-0.39, 0.29) is 5.82 Å². The van der Waals surface area contributed by atoms with Gasteiger partial charge in [-0.1, -0.05) is 12.1 Å². The van der Waals surface area contributed by atoms with Crippen LogP contribution < -0.4 is 15.0 Å². The minimum Gasteiger partial charge on any atom is -0.496 e. The van der Waals surface area contributed by atoms with Gasteiger partial charge in [0.05, 0.1) is 18.2 Å². The quantitative estimate of drug-likeness (QED) is 0.224. The molecule has 4 aromatic carbocycles. The van der Waals surface area contributed by atoms with Crippen LogP contribution in [0.2, 0.25) is 0 Å². The second-order valence-corrected chi connectivity index (χ2v) is 9.91. The molecule has 6 rings (SSSR count). The molecule has 0 amide bonds. The van der Waals surface area contributed by atoms with Crippen molar-refractivity contribution in [2.45, 2.75) is 6.54 Å². The number of aromatic nitrogens is 1. The molecular formula is C33H27FN4O3. The molecule has 6 aromatic rings. The predicted molar refractivity (Wildman–Crippen MR) is 158 cm³/mol. The Labute approximate surface area is 236 Å². The van der Waals surface area contributed by atoms with Crippen LogP contribution in [0.1, 0.15) is 11.1 Å². The highest BCUT2D eigenvalue weighted by atomic mass is 19.1. The van der Waals surface area contributed by atoms with Gasteiger partial charge in [0.2, 0.25) is 5.89 Å². The number of halogens is 1. The number of ether oxygens (including phenoxy) is 1. The molecule has 2 heterocycles. The number of nitriles is 1. The summed E-state index contributed by atoms with van der Waals surface area (Å²) in [4.78, 5) is 6.69. The Morgan fingerprint density at radius 1 is 0.951 bits per heavy atom. The molecule has 2 aromatic heterocycles. The second-order valence-electron chi connectivity index (χ2n) is 9.91. The van der Waals surface area contributed by atoms with Crippen molar-refractivity contribution in [3.05, 3.63) is 89.7 Å². The number of oxazole rings is 1. The Kier molecular flexibility index (Phi) is 6.66. The number of methoxy groups -OCH3 is 1. The normalized spacial score (nSPS) is 11.2. The number of benzene rings is 4.